The highest BCUT2D eigenvalue weighted by molar-refractivity contribution is 7.91. The minimum Gasteiger partial charge on any atom is -0.307 e. The second-order valence-electron chi connectivity index (χ2n) is 6.53. The Bertz CT molecular complexity index is 943. The molecule has 0 aromatic heterocycles. The molecule has 0 spiro atoms. The van der Waals surface area contributed by atoms with Crippen molar-refractivity contribution in [2.45, 2.75) is 12.5 Å². The van der Waals surface area contributed by atoms with Gasteiger partial charge in [-0.2, -0.15) is 0 Å². The number of imide groups is 2. The third-order valence-electron chi connectivity index (χ3n) is 4.62. The van der Waals surface area contributed by atoms with Crippen LogP contribution in [0.5, 0.6) is 0 Å². The van der Waals surface area contributed by atoms with Gasteiger partial charge in [0.1, 0.15) is 6.54 Å². The molecule has 0 saturated carbocycles. The second kappa shape index (κ2) is 7.55. The quantitative estimate of drug-likeness (QED) is 0.379. The number of anilines is 1. The number of carbonyl (C=O) groups excluding carboxylic acids is 4. The summed E-state index contributed by atoms with van der Waals surface area (Å²) in [7, 11) is -3.27. The van der Waals surface area contributed by atoms with Crippen molar-refractivity contribution in [3.05, 3.63) is 43.0 Å². The van der Waals surface area contributed by atoms with E-state index in [-0.39, 0.29) is 24.5 Å². The number of urea groups is 1. The molecule has 9 nitrogen and oxygen atoms in total. The Balaban J connectivity index is 1.86. The Kier molecular flexibility index (Phi) is 5.32. The smallest absolute Gasteiger partial charge is 0.307 e. The summed E-state index contributed by atoms with van der Waals surface area (Å²) in [4.78, 5) is 52.0. The molecule has 2 aliphatic heterocycles. The van der Waals surface area contributed by atoms with E-state index >= 15 is 0 Å². The zero-order chi connectivity index (χ0) is 20.5. The largest absolute Gasteiger partial charge is 0.335 e. The molecular weight excluding hydrogens is 386 g/mol. The summed E-state index contributed by atoms with van der Waals surface area (Å²) < 4.78 is 23.8. The summed E-state index contributed by atoms with van der Waals surface area (Å²) in [6, 6.07) is 6.93. The zero-order valence-corrected chi connectivity index (χ0v) is 15.8. The van der Waals surface area contributed by atoms with Crippen LogP contribution in [0.4, 0.5) is 10.5 Å². The second-order valence-corrected chi connectivity index (χ2v) is 8.76. The lowest BCUT2D eigenvalue weighted by molar-refractivity contribution is -0.143. The van der Waals surface area contributed by atoms with Gasteiger partial charge in [0.05, 0.1) is 17.5 Å². The molecule has 0 bridgehead atoms. The number of amides is 5. The molecule has 28 heavy (non-hydrogen) atoms. The van der Waals surface area contributed by atoms with E-state index in [0.29, 0.717) is 15.5 Å². The highest BCUT2D eigenvalue weighted by atomic mass is 32.2. The van der Waals surface area contributed by atoms with Crippen LogP contribution >= 0.6 is 0 Å². The predicted molar refractivity (Wildman–Crippen MR) is 100 cm³/mol. The average Bonchev–Trinajstić information content (AvgIpc) is 3.10. The van der Waals surface area contributed by atoms with Gasteiger partial charge in [0.25, 0.3) is 0 Å². The van der Waals surface area contributed by atoms with E-state index in [2.05, 4.69) is 6.58 Å². The molecule has 0 unspecified atom stereocenters. The molecule has 2 heterocycles. The number of benzene rings is 1. The standard InChI is InChI=1S/C18H19N3O6S/c1-2-9-19-16(23)17(24)20(18(19)25)11-15(22)21(13-6-4-3-5-7-13)14-8-10-28(26,27)12-14/h2-7,14H,1,8-12H2/t14-/m1/s1. The van der Waals surface area contributed by atoms with Crippen molar-refractivity contribution in [2.75, 3.05) is 29.5 Å². The van der Waals surface area contributed by atoms with Crippen LogP contribution in [-0.2, 0) is 24.2 Å². The first-order valence-corrected chi connectivity index (χ1v) is 10.4. The third kappa shape index (κ3) is 3.68. The normalized spacial score (nSPS) is 21.3. The molecular formula is C18H19N3O6S. The van der Waals surface area contributed by atoms with Crippen LogP contribution < -0.4 is 4.90 Å². The molecule has 0 N–H and O–H groups in total. The minimum absolute atomic E-state index is 0.0402. The van der Waals surface area contributed by atoms with E-state index in [1.165, 1.54) is 11.0 Å². The van der Waals surface area contributed by atoms with Gasteiger partial charge in [0, 0.05) is 12.2 Å². The maximum atomic E-state index is 13.0. The number of hydrogen-bond donors (Lipinski definition) is 0. The maximum absolute atomic E-state index is 13.0. The summed E-state index contributed by atoms with van der Waals surface area (Å²) in [5.74, 6) is -2.98. The first-order valence-electron chi connectivity index (χ1n) is 8.61. The van der Waals surface area contributed by atoms with E-state index in [1.807, 2.05) is 0 Å². The lowest BCUT2D eigenvalue weighted by Crippen LogP contribution is -2.48. The molecule has 2 fully saturated rings. The SMILES string of the molecule is C=CCN1C(=O)C(=O)N(CC(=O)N(c2ccccc2)[C@@H]2CCS(=O)(=O)C2)C1=O. The van der Waals surface area contributed by atoms with Gasteiger partial charge in [-0.3, -0.25) is 19.3 Å². The summed E-state index contributed by atoms with van der Waals surface area (Å²) in [6.07, 6.45) is 1.56. The van der Waals surface area contributed by atoms with Crippen LogP contribution in [0.1, 0.15) is 6.42 Å². The molecule has 3 rings (SSSR count). The van der Waals surface area contributed by atoms with Crippen molar-refractivity contribution in [1.82, 2.24) is 9.80 Å². The molecule has 148 valence electrons. The third-order valence-corrected chi connectivity index (χ3v) is 6.37. The number of nitrogens with zero attached hydrogens (tertiary/aromatic N) is 3. The van der Waals surface area contributed by atoms with Crippen LogP contribution in [-0.4, -0.2) is 72.6 Å². The Morgan fingerprint density at radius 2 is 1.79 bits per heavy atom. The number of sulfone groups is 1. The highest BCUT2D eigenvalue weighted by Crippen LogP contribution is 2.25. The topological polar surface area (TPSA) is 112 Å². The van der Waals surface area contributed by atoms with E-state index < -0.39 is 46.2 Å². The lowest BCUT2D eigenvalue weighted by atomic mass is 10.1. The fraction of sp³-hybridized carbons (Fsp3) is 0.333. The van der Waals surface area contributed by atoms with Crippen LogP contribution in [0.2, 0.25) is 0 Å². The summed E-state index contributed by atoms with van der Waals surface area (Å²) in [6.45, 7) is 2.64. The van der Waals surface area contributed by atoms with Crippen LogP contribution in [0.3, 0.4) is 0 Å². The van der Waals surface area contributed by atoms with Gasteiger partial charge < -0.3 is 4.90 Å². The monoisotopic (exact) mass is 405 g/mol. The molecule has 0 radical (unpaired) electrons. The molecule has 2 aliphatic rings. The molecule has 1 atom stereocenters. The predicted octanol–water partition coefficient (Wildman–Crippen LogP) is 0.183. The van der Waals surface area contributed by atoms with Gasteiger partial charge in [-0.15, -0.1) is 6.58 Å². The van der Waals surface area contributed by atoms with Crippen molar-refractivity contribution in [3.8, 4) is 0 Å². The van der Waals surface area contributed by atoms with Gasteiger partial charge in [0.15, 0.2) is 9.84 Å². The molecule has 10 heteroatoms. The average molecular weight is 405 g/mol. The van der Waals surface area contributed by atoms with Crippen molar-refractivity contribution in [3.63, 3.8) is 0 Å². The van der Waals surface area contributed by atoms with Crippen molar-refractivity contribution in [2.24, 2.45) is 0 Å². The highest BCUT2D eigenvalue weighted by Gasteiger charge is 2.46. The van der Waals surface area contributed by atoms with E-state index in [0.717, 1.165) is 0 Å². The van der Waals surface area contributed by atoms with Crippen molar-refractivity contribution < 1.29 is 27.6 Å². The number of carbonyl (C=O) groups is 4. The number of rotatable bonds is 6. The summed E-state index contributed by atoms with van der Waals surface area (Å²) in [5, 5.41) is 0. The molecule has 1 aromatic carbocycles. The number of hydrogen-bond acceptors (Lipinski definition) is 6. The van der Waals surface area contributed by atoms with Gasteiger partial charge in [-0.25, -0.2) is 18.1 Å². The number of para-hydroxylation sites is 1. The van der Waals surface area contributed by atoms with Crippen molar-refractivity contribution in [1.29, 1.82) is 0 Å². The van der Waals surface area contributed by atoms with Gasteiger partial charge in [-0.05, 0) is 18.6 Å². The minimum atomic E-state index is -3.27. The van der Waals surface area contributed by atoms with Gasteiger partial charge in [0.2, 0.25) is 5.91 Å². The molecule has 1 aromatic rings. The Labute approximate surface area is 162 Å². The fourth-order valence-corrected chi connectivity index (χ4v) is 5.02. The van der Waals surface area contributed by atoms with Crippen LogP contribution in [0.25, 0.3) is 0 Å². The molecule has 5 amide bonds. The van der Waals surface area contributed by atoms with Crippen LogP contribution in [0, 0.1) is 0 Å². The Hall–Kier alpha value is -3.01. The Morgan fingerprint density at radius 3 is 2.36 bits per heavy atom. The van der Waals surface area contributed by atoms with E-state index in [4.69, 9.17) is 0 Å². The van der Waals surface area contributed by atoms with E-state index in [1.54, 1.807) is 30.3 Å². The molecule has 2 saturated heterocycles. The maximum Gasteiger partial charge on any atom is 0.335 e. The fourth-order valence-electron chi connectivity index (χ4n) is 3.32. The van der Waals surface area contributed by atoms with E-state index in [9.17, 15) is 27.6 Å². The Morgan fingerprint density at radius 1 is 1.14 bits per heavy atom. The lowest BCUT2D eigenvalue weighted by Gasteiger charge is -2.29. The van der Waals surface area contributed by atoms with Gasteiger partial charge in [-0.1, -0.05) is 24.3 Å². The van der Waals surface area contributed by atoms with Gasteiger partial charge >= 0.3 is 17.8 Å². The summed E-state index contributed by atoms with van der Waals surface area (Å²) >= 11 is 0. The van der Waals surface area contributed by atoms with Crippen molar-refractivity contribution >= 4 is 39.3 Å². The van der Waals surface area contributed by atoms with Crippen LogP contribution in [0.15, 0.2) is 43.0 Å². The first kappa shape index (κ1) is 19.7. The molecule has 0 aliphatic carbocycles. The zero-order valence-electron chi connectivity index (χ0n) is 15.0. The summed E-state index contributed by atoms with van der Waals surface area (Å²) in [5.41, 5.74) is 0.461. The first-order chi connectivity index (χ1) is 13.2.